The SMILES string of the molecule is CC(C)COC(C)(CC(C)C)N=NC(C)(CC(C)C)OCC(C)C. The summed E-state index contributed by atoms with van der Waals surface area (Å²) >= 11 is 0. The quantitative estimate of drug-likeness (QED) is 0.390. The Labute approximate surface area is 150 Å². The van der Waals surface area contributed by atoms with Crippen LogP contribution in [0.2, 0.25) is 0 Å². The molecule has 4 heteroatoms. The Balaban J connectivity index is 5.23. The average molecular weight is 343 g/mol. The predicted octanol–water partition coefficient (Wildman–Crippen LogP) is 6.31. The molecule has 0 amide bonds. The van der Waals surface area contributed by atoms with Crippen molar-refractivity contribution in [1.29, 1.82) is 0 Å². The highest BCUT2D eigenvalue weighted by atomic mass is 16.5. The Morgan fingerprint density at radius 3 is 1.08 bits per heavy atom. The zero-order valence-electron chi connectivity index (χ0n) is 17.8. The van der Waals surface area contributed by atoms with E-state index in [0.29, 0.717) is 36.9 Å². The van der Waals surface area contributed by atoms with E-state index in [1.54, 1.807) is 0 Å². The van der Waals surface area contributed by atoms with Crippen molar-refractivity contribution in [2.75, 3.05) is 13.2 Å². The van der Waals surface area contributed by atoms with Crippen LogP contribution in [0.4, 0.5) is 0 Å². The van der Waals surface area contributed by atoms with Crippen molar-refractivity contribution >= 4 is 0 Å². The first-order valence-electron chi connectivity index (χ1n) is 9.59. The van der Waals surface area contributed by atoms with E-state index < -0.39 is 11.4 Å². The van der Waals surface area contributed by atoms with Crippen LogP contribution in [0.15, 0.2) is 10.2 Å². The molecule has 0 radical (unpaired) electrons. The summed E-state index contributed by atoms with van der Waals surface area (Å²) in [7, 11) is 0. The number of azo groups is 1. The van der Waals surface area contributed by atoms with Crippen molar-refractivity contribution < 1.29 is 9.47 Å². The number of hydrogen-bond donors (Lipinski definition) is 0. The first kappa shape index (κ1) is 23.5. The van der Waals surface area contributed by atoms with E-state index in [2.05, 4.69) is 65.6 Å². The van der Waals surface area contributed by atoms with Gasteiger partial charge in [-0.05, 0) is 37.5 Å². The molecule has 24 heavy (non-hydrogen) atoms. The first-order chi connectivity index (χ1) is 10.9. The standard InChI is InChI=1S/C20H42N2O2/c1-15(2)11-19(9,23-13-17(5)6)21-22-20(10,12-16(3)4)24-14-18(7)8/h15-18H,11-14H2,1-10H3. The van der Waals surface area contributed by atoms with Gasteiger partial charge < -0.3 is 9.47 Å². The second kappa shape index (κ2) is 10.5. The Morgan fingerprint density at radius 1 is 0.583 bits per heavy atom. The molecular weight excluding hydrogens is 300 g/mol. The van der Waals surface area contributed by atoms with Crippen molar-refractivity contribution in [3.8, 4) is 0 Å². The summed E-state index contributed by atoms with van der Waals surface area (Å²) in [6, 6.07) is 0. The highest BCUT2D eigenvalue weighted by Crippen LogP contribution is 2.29. The Morgan fingerprint density at radius 2 is 0.875 bits per heavy atom. The summed E-state index contributed by atoms with van der Waals surface area (Å²) < 4.78 is 12.2. The van der Waals surface area contributed by atoms with E-state index in [0.717, 1.165) is 12.8 Å². The fourth-order valence-electron chi connectivity index (χ4n) is 2.68. The van der Waals surface area contributed by atoms with Gasteiger partial charge in [-0.3, -0.25) is 0 Å². The Hall–Kier alpha value is -0.480. The molecule has 0 aliphatic carbocycles. The van der Waals surface area contributed by atoms with Gasteiger partial charge in [0, 0.05) is 12.8 Å². The zero-order chi connectivity index (χ0) is 19.0. The van der Waals surface area contributed by atoms with Gasteiger partial charge in [-0.25, -0.2) is 0 Å². The van der Waals surface area contributed by atoms with Crippen LogP contribution in [0.25, 0.3) is 0 Å². The van der Waals surface area contributed by atoms with E-state index in [1.165, 1.54) is 0 Å². The second-order valence-corrected chi connectivity index (χ2v) is 9.16. The molecular formula is C20H42N2O2. The molecule has 0 saturated carbocycles. The van der Waals surface area contributed by atoms with Gasteiger partial charge in [0.05, 0.1) is 13.2 Å². The molecule has 0 aromatic rings. The molecule has 0 aliphatic heterocycles. The van der Waals surface area contributed by atoms with Gasteiger partial charge in [0.25, 0.3) is 0 Å². The third kappa shape index (κ3) is 11.1. The summed E-state index contributed by atoms with van der Waals surface area (Å²) in [5.74, 6) is 1.94. The summed E-state index contributed by atoms with van der Waals surface area (Å²) in [5.41, 5.74) is -1.17. The van der Waals surface area contributed by atoms with E-state index in [1.807, 2.05) is 13.8 Å². The number of rotatable bonds is 12. The van der Waals surface area contributed by atoms with Crippen LogP contribution in [0.3, 0.4) is 0 Å². The lowest BCUT2D eigenvalue weighted by molar-refractivity contribution is -0.0823. The van der Waals surface area contributed by atoms with Crippen LogP contribution in [-0.4, -0.2) is 24.7 Å². The lowest BCUT2D eigenvalue weighted by Gasteiger charge is -2.31. The van der Waals surface area contributed by atoms with Gasteiger partial charge in [-0.1, -0.05) is 55.4 Å². The lowest BCUT2D eigenvalue weighted by atomic mass is 10.0. The molecule has 4 nitrogen and oxygen atoms in total. The van der Waals surface area contributed by atoms with E-state index in [4.69, 9.17) is 9.47 Å². The largest absolute Gasteiger partial charge is 0.352 e. The molecule has 0 aromatic heterocycles. The monoisotopic (exact) mass is 342 g/mol. The molecule has 0 aliphatic rings. The highest BCUT2D eigenvalue weighted by molar-refractivity contribution is 4.78. The molecule has 144 valence electrons. The maximum absolute atomic E-state index is 6.11. The molecule has 0 aromatic carbocycles. The molecule has 2 atom stereocenters. The molecule has 0 N–H and O–H groups in total. The number of nitrogens with zero attached hydrogens (tertiary/aromatic N) is 2. The minimum atomic E-state index is -0.585. The molecule has 0 spiro atoms. The summed E-state index contributed by atoms with van der Waals surface area (Å²) in [6.07, 6.45) is 1.70. The minimum Gasteiger partial charge on any atom is -0.352 e. The first-order valence-corrected chi connectivity index (χ1v) is 9.59. The van der Waals surface area contributed by atoms with Crippen LogP contribution < -0.4 is 0 Å². The summed E-state index contributed by atoms with van der Waals surface area (Å²) in [5, 5.41) is 9.30. The molecule has 0 rings (SSSR count). The lowest BCUT2D eigenvalue weighted by Crippen LogP contribution is -2.33. The Bertz CT molecular complexity index is 333. The zero-order valence-corrected chi connectivity index (χ0v) is 17.8. The van der Waals surface area contributed by atoms with Crippen LogP contribution in [0.1, 0.15) is 82.1 Å². The number of ether oxygens (including phenoxy) is 2. The smallest absolute Gasteiger partial charge is 0.176 e. The van der Waals surface area contributed by atoms with Gasteiger partial charge in [0.1, 0.15) is 0 Å². The van der Waals surface area contributed by atoms with Crippen molar-refractivity contribution in [2.24, 2.45) is 33.9 Å². The molecule has 0 saturated heterocycles. The number of hydrogen-bond acceptors (Lipinski definition) is 4. The average Bonchev–Trinajstić information content (AvgIpc) is 2.40. The van der Waals surface area contributed by atoms with Crippen LogP contribution in [0.5, 0.6) is 0 Å². The van der Waals surface area contributed by atoms with Gasteiger partial charge >= 0.3 is 0 Å². The molecule has 2 unspecified atom stereocenters. The third-order valence-electron chi connectivity index (χ3n) is 3.50. The van der Waals surface area contributed by atoms with Crippen molar-refractivity contribution in [3.63, 3.8) is 0 Å². The molecule has 0 bridgehead atoms. The second-order valence-electron chi connectivity index (χ2n) is 9.16. The Kier molecular flexibility index (Phi) is 10.3. The fourth-order valence-corrected chi connectivity index (χ4v) is 2.68. The maximum Gasteiger partial charge on any atom is 0.176 e. The van der Waals surface area contributed by atoms with Gasteiger partial charge in [0.15, 0.2) is 11.4 Å². The highest BCUT2D eigenvalue weighted by Gasteiger charge is 2.31. The third-order valence-corrected chi connectivity index (χ3v) is 3.50. The minimum absolute atomic E-state index is 0.478. The fraction of sp³-hybridized carbons (Fsp3) is 1.00. The van der Waals surface area contributed by atoms with E-state index >= 15 is 0 Å². The van der Waals surface area contributed by atoms with E-state index in [-0.39, 0.29) is 0 Å². The van der Waals surface area contributed by atoms with E-state index in [9.17, 15) is 0 Å². The topological polar surface area (TPSA) is 43.2 Å². The molecule has 0 fully saturated rings. The van der Waals surface area contributed by atoms with Crippen molar-refractivity contribution in [1.82, 2.24) is 0 Å². The van der Waals surface area contributed by atoms with Crippen LogP contribution >= 0.6 is 0 Å². The predicted molar refractivity (Wildman–Crippen MR) is 102 cm³/mol. The molecule has 0 heterocycles. The van der Waals surface area contributed by atoms with Crippen LogP contribution in [0, 0.1) is 23.7 Å². The van der Waals surface area contributed by atoms with Crippen LogP contribution in [-0.2, 0) is 9.47 Å². The maximum atomic E-state index is 6.11. The van der Waals surface area contributed by atoms with Crippen molar-refractivity contribution in [3.05, 3.63) is 0 Å². The van der Waals surface area contributed by atoms with Gasteiger partial charge in [-0.15, -0.1) is 0 Å². The summed E-state index contributed by atoms with van der Waals surface area (Å²) in [6.45, 7) is 22.8. The summed E-state index contributed by atoms with van der Waals surface area (Å²) in [4.78, 5) is 0. The van der Waals surface area contributed by atoms with Gasteiger partial charge in [-0.2, -0.15) is 10.2 Å². The van der Waals surface area contributed by atoms with Gasteiger partial charge in [0.2, 0.25) is 0 Å². The normalized spacial score (nSPS) is 18.1. The van der Waals surface area contributed by atoms with Crippen molar-refractivity contribution in [2.45, 2.75) is 93.5 Å².